The zero-order valence-corrected chi connectivity index (χ0v) is 18.1. The predicted molar refractivity (Wildman–Crippen MR) is 116 cm³/mol. The minimum Gasteiger partial charge on any atom is -0.324 e. The Balaban J connectivity index is 1.43. The van der Waals surface area contributed by atoms with Gasteiger partial charge in [0.15, 0.2) is 5.16 Å². The highest BCUT2D eigenvalue weighted by atomic mass is 35.5. The van der Waals surface area contributed by atoms with Gasteiger partial charge in [0.1, 0.15) is 5.82 Å². The number of thiophene rings is 1. The Morgan fingerprint density at radius 3 is 2.86 bits per heavy atom. The quantitative estimate of drug-likeness (QED) is 0.517. The number of amides is 1. The van der Waals surface area contributed by atoms with Crippen LogP contribution in [-0.2, 0) is 11.2 Å². The number of thioether (sulfide) groups is 1. The fraction of sp³-hybridized carbons (Fsp3) is 0.350. The second-order valence-electron chi connectivity index (χ2n) is 7.03. The molecule has 1 aromatic carbocycles. The largest absolute Gasteiger partial charge is 0.324 e. The third-order valence-electron chi connectivity index (χ3n) is 4.59. The van der Waals surface area contributed by atoms with Crippen molar-refractivity contribution in [2.24, 2.45) is 0 Å². The van der Waals surface area contributed by atoms with E-state index in [1.807, 2.05) is 26.0 Å². The zero-order chi connectivity index (χ0) is 19.7. The van der Waals surface area contributed by atoms with Crippen LogP contribution in [0.5, 0.6) is 0 Å². The Kier molecular flexibility index (Phi) is 5.75. The molecule has 0 atom stereocenters. The van der Waals surface area contributed by atoms with E-state index < -0.39 is 0 Å². The summed E-state index contributed by atoms with van der Waals surface area (Å²) < 4.78 is 2.21. The molecule has 0 bridgehead atoms. The van der Waals surface area contributed by atoms with Gasteiger partial charge in [0.05, 0.1) is 16.5 Å². The molecule has 4 rings (SSSR count). The molecule has 1 saturated carbocycles. The molecule has 1 N–H and O–H groups in total. The highest BCUT2D eigenvalue weighted by molar-refractivity contribution is 7.99. The van der Waals surface area contributed by atoms with Gasteiger partial charge in [-0.3, -0.25) is 4.79 Å². The van der Waals surface area contributed by atoms with Crippen molar-refractivity contribution in [1.29, 1.82) is 0 Å². The molecule has 3 aromatic rings. The summed E-state index contributed by atoms with van der Waals surface area (Å²) in [5.41, 5.74) is 2.72. The summed E-state index contributed by atoms with van der Waals surface area (Å²) in [5, 5.41) is 15.1. The molecule has 28 heavy (non-hydrogen) atoms. The summed E-state index contributed by atoms with van der Waals surface area (Å²) in [5.74, 6) is 1.15. The number of benzene rings is 1. The Morgan fingerprint density at radius 1 is 1.36 bits per heavy atom. The van der Waals surface area contributed by atoms with E-state index in [9.17, 15) is 4.79 Å². The number of nitrogens with zero attached hydrogens (tertiary/aromatic N) is 3. The maximum absolute atomic E-state index is 12.5. The molecule has 0 radical (unpaired) electrons. The number of aryl methyl sites for hydroxylation is 2. The number of halogens is 1. The molecular formula is C20H21ClN4OS2. The van der Waals surface area contributed by atoms with E-state index in [0.29, 0.717) is 16.8 Å². The van der Waals surface area contributed by atoms with Crippen LogP contribution in [0.15, 0.2) is 34.8 Å². The summed E-state index contributed by atoms with van der Waals surface area (Å²) >= 11 is 9.45. The highest BCUT2D eigenvalue weighted by Crippen LogP contribution is 2.39. The molecule has 0 spiro atoms. The molecule has 1 aliphatic rings. The van der Waals surface area contributed by atoms with Crippen LogP contribution in [0.4, 0.5) is 5.69 Å². The number of hydrogen-bond donors (Lipinski definition) is 1. The summed E-state index contributed by atoms with van der Waals surface area (Å²) in [4.78, 5) is 13.8. The van der Waals surface area contributed by atoms with E-state index >= 15 is 0 Å². The monoisotopic (exact) mass is 432 g/mol. The van der Waals surface area contributed by atoms with E-state index in [0.717, 1.165) is 41.4 Å². The Hall–Kier alpha value is -1.83. The van der Waals surface area contributed by atoms with Gasteiger partial charge in [-0.2, -0.15) is 0 Å². The molecule has 146 valence electrons. The van der Waals surface area contributed by atoms with Gasteiger partial charge < -0.3 is 9.88 Å². The van der Waals surface area contributed by atoms with Crippen molar-refractivity contribution < 1.29 is 4.79 Å². The van der Waals surface area contributed by atoms with Gasteiger partial charge >= 0.3 is 0 Å². The maximum atomic E-state index is 12.5. The Morgan fingerprint density at radius 2 is 2.18 bits per heavy atom. The van der Waals surface area contributed by atoms with Crippen molar-refractivity contribution in [3.05, 3.63) is 56.5 Å². The van der Waals surface area contributed by atoms with Crippen molar-refractivity contribution in [3.8, 4) is 0 Å². The SMILES string of the molecule is Cc1cc(C)c(NC(=O)CSc2nnc(Cc3cccs3)n2C2CC2)c(Cl)c1. The molecule has 5 nitrogen and oxygen atoms in total. The molecule has 0 saturated heterocycles. The summed E-state index contributed by atoms with van der Waals surface area (Å²) in [7, 11) is 0. The van der Waals surface area contributed by atoms with Crippen LogP contribution in [-0.4, -0.2) is 26.4 Å². The number of hydrogen-bond acceptors (Lipinski definition) is 5. The van der Waals surface area contributed by atoms with Crippen molar-refractivity contribution >= 4 is 46.3 Å². The topological polar surface area (TPSA) is 59.8 Å². The smallest absolute Gasteiger partial charge is 0.234 e. The number of anilines is 1. The molecule has 1 aliphatic carbocycles. The van der Waals surface area contributed by atoms with E-state index in [-0.39, 0.29) is 11.7 Å². The van der Waals surface area contributed by atoms with Gasteiger partial charge in [0.25, 0.3) is 0 Å². The number of carbonyl (C=O) groups is 1. The first-order valence-electron chi connectivity index (χ1n) is 9.17. The highest BCUT2D eigenvalue weighted by Gasteiger charge is 2.30. The molecule has 8 heteroatoms. The number of nitrogens with one attached hydrogen (secondary N) is 1. The van der Waals surface area contributed by atoms with E-state index in [2.05, 4.69) is 37.6 Å². The van der Waals surface area contributed by atoms with Crippen LogP contribution in [0.2, 0.25) is 5.02 Å². The van der Waals surface area contributed by atoms with Crippen LogP contribution >= 0.6 is 34.7 Å². The van der Waals surface area contributed by atoms with Crippen LogP contribution in [0.1, 0.15) is 40.7 Å². The minimum absolute atomic E-state index is 0.0935. The predicted octanol–water partition coefficient (Wildman–Crippen LogP) is 5.27. The molecule has 0 aliphatic heterocycles. The number of rotatable bonds is 7. The van der Waals surface area contributed by atoms with Crippen molar-refractivity contribution in [1.82, 2.24) is 14.8 Å². The van der Waals surface area contributed by atoms with Crippen molar-refractivity contribution in [2.45, 2.75) is 44.3 Å². The summed E-state index contributed by atoms with van der Waals surface area (Å²) in [6.07, 6.45) is 3.08. The average Bonchev–Trinajstić information content (AvgIpc) is 3.19. The lowest BCUT2D eigenvalue weighted by Gasteiger charge is -2.12. The zero-order valence-electron chi connectivity index (χ0n) is 15.7. The molecule has 0 unspecified atom stereocenters. The van der Waals surface area contributed by atoms with Crippen molar-refractivity contribution in [3.63, 3.8) is 0 Å². The van der Waals surface area contributed by atoms with Gasteiger partial charge in [-0.1, -0.05) is 35.5 Å². The van der Waals surface area contributed by atoms with Gasteiger partial charge in [-0.15, -0.1) is 21.5 Å². The van der Waals surface area contributed by atoms with Crippen LogP contribution in [0.25, 0.3) is 0 Å². The molecular weight excluding hydrogens is 412 g/mol. The summed E-state index contributed by atoms with van der Waals surface area (Å²) in [6, 6.07) is 8.50. The fourth-order valence-corrected chi connectivity index (χ4v) is 5.07. The molecule has 2 aromatic heterocycles. The maximum Gasteiger partial charge on any atom is 0.234 e. The second kappa shape index (κ2) is 8.27. The number of carbonyl (C=O) groups excluding carboxylic acids is 1. The molecule has 2 heterocycles. The molecule has 1 amide bonds. The third kappa shape index (κ3) is 4.42. The lowest BCUT2D eigenvalue weighted by Crippen LogP contribution is -2.16. The van der Waals surface area contributed by atoms with Crippen molar-refractivity contribution in [2.75, 3.05) is 11.1 Å². The molecule has 1 fully saturated rings. The van der Waals surface area contributed by atoms with Gasteiger partial charge in [-0.05, 0) is 55.3 Å². The van der Waals surface area contributed by atoms with E-state index in [1.165, 1.54) is 16.6 Å². The first kappa shape index (κ1) is 19.5. The number of aromatic nitrogens is 3. The average molecular weight is 433 g/mol. The fourth-order valence-electron chi connectivity index (χ4n) is 3.17. The normalized spacial score (nSPS) is 13.7. The first-order valence-corrected chi connectivity index (χ1v) is 11.4. The minimum atomic E-state index is -0.0935. The van der Waals surface area contributed by atoms with E-state index in [4.69, 9.17) is 11.6 Å². The lowest BCUT2D eigenvalue weighted by atomic mass is 10.1. The standard InChI is InChI=1S/C20H21ClN4OS2/c1-12-8-13(2)19(16(21)9-12)22-18(26)11-28-20-24-23-17(25(20)14-5-6-14)10-15-4-3-7-27-15/h3-4,7-9,14H,5-6,10-11H2,1-2H3,(H,22,26). The summed E-state index contributed by atoms with van der Waals surface area (Å²) in [6.45, 7) is 3.93. The Labute approximate surface area is 177 Å². The third-order valence-corrected chi connectivity index (χ3v) is 6.71. The van der Waals surface area contributed by atoms with E-state index in [1.54, 1.807) is 11.3 Å². The first-order chi connectivity index (χ1) is 13.5. The second-order valence-corrected chi connectivity index (χ2v) is 9.41. The Bertz CT molecular complexity index is 973. The van der Waals surface area contributed by atoms with Crippen LogP contribution < -0.4 is 5.32 Å². The van der Waals surface area contributed by atoms with Crippen LogP contribution in [0, 0.1) is 13.8 Å². The van der Waals surface area contributed by atoms with Gasteiger partial charge in [0, 0.05) is 17.3 Å². The van der Waals surface area contributed by atoms with Gasteiger partial charge in [0.2, 0.25) is 5.91 Å². The van der Waals surface area contributed by atoms with Crippen LogP contribution in [0.3, 0.4) is 0 Å². The van der Waals surface area contributed by atoms with Gasteiger partial charge in [-0.25, -0.2) is 0 Å². The lowest BCUT2D eigenvalue weighted by molar-refractivity contribution is -0.113.